The third-order valence-corrected chi connectivity index (χ3v) is 2.76. The zero-order chi connectivity index (χ0) is 13.3. The number of H-pyrrole nitrogens is 1. The highest BCUT2D eigenvalue weighted by atomic mass is 19.4. The van der Waals surface area contributed by atoms with Gasteiger partial charge in [0.2, 0.25) is 0 Å². The maximum absolute atomic E-state index is 12.0. The highest BCUT2D eigenvalue weighted by Crippen LogP contribution is 2.17. The van der Waals surface area contributed by atoms with E-state index in [0.29, 0.717) is 5.82 Å². The monoisotopic (exact) mass is 257 g/mol. The molecule has 1 aromatic carbocycles. The number of nitrogens with zero attached hydrogens (tertiary/aromatic N) is 1. The molecule has 0 aliphatic rings. The van der Waals surface area contributed by atoms with E-state index in [1.165, 1.54) is 0 Å². The van der Waals surface area contributed by atoms with Gasteiger partial charge < -0.3 is 10.3 Å². The van der Waals surface area contributed by atoms with Crippen LogP contribution in [-0.2, 0) is 6.54 Å². The number of imidazole rings is 1. The molecule has 2 N–H and O–H groups in total. The van der Waals surface area contributed by atoms with Crippen LogP contribution in [-0.4, -0.2) is 22.7 Å². The molecule has 3 nitrogen and oxygen atoms in total. The quantitative estimate of drug-likeness (QED) is 0.887. The number of nitrogens with one attached hydrogen (secondary N) is 2. The number of halogens is 3. The fourth-order valence-corrected chi connectivity index (χ4v) is 1.73. The molecule has 2 rings (SSSR count). The Morgan fingerprint density at radius 3 is 2.56 bits per heavy atom. The average molecular weight is 257 g/mol. The van der Waals surface area contributed by atoms with Gasteiger partial charge in [0.25, 0.3) is 0 Å². The van der Waals surface area contributed by atoms with Crippen LogP contribution < -0.4 is 5.32 Å². The summed E-state index contributed by atoms with van der Waals surface area (Å²) >= 11 is 0. The van der Waals surface area contributed by atoms with Crippen molar-refractivity contribution in [2.75, 3.05) is 6.54 Å². The third-order valence-electron chi connectivity index (χ3n) is 2.76. The van der Waals surface area contributed by atoms with Crippen LogP contribution in [0, 0.1) is 13.8 Å². The zero-order valence-electron chi connectivity index (χ0n) is 10.2. The molecule has 98 valence electrons. The number of aryl methyl sites for hydroxylation is 2. The van der Waals surface area contributed by atoms with E-state index in [4.69, 9.17) is 0 Å². The second kappa shape index (κ2) is 4.61. The molecule has 0 saturated heterocycles. The standard InChI is InChI=1S/C12H14F3N3/c1-7-3-9-10(4-8(7)2)18-11(17-9)5-16-6-12(13,14)15/h3-4,16H,5-6H2,1-2H3,(H,17,18). The van der Waals surface area contributed by atoms with Crippen molar-refractivity contribution in [3.63, 3.8) is 0 Å². The lowest BCUT2D eigenvalue weighted by Crippen LogP contribution is -2.28. The molecule has 0 bridgehead atoms. The molecule has 1 heterocycles. The molecule has 18 heavy (non-hydrogen) atoms. The normalized spacial score (nSPS) is 12.3. The predicted molar refractivity (Wildman–Crippen MR) is 63.3 cm³/mol. The molecule has 0 radical (unpaired) electrons. The zero-order valence-corrected chi connectivity index (χ0v) is 10.2. The van der Waals surface area contributed by atoms with Crippen LogP contribution in [0.2, 0.25) is 0 Å². The Hall–Kier alpha value is -1.56. The van der Waals surface area contributed by atoms with E-state index in [1.54, 1.807) is 0 Å². The van der Waals surface area contributed by atoms with Gasteiger partial charge in [-0.05, 0) is 37.1 Å². The number of hydrogen-bond donors (Lipinski definition) is 2. The minimum Gasteiger partial charge on any atom is -0.341 e. The molecule has 0 saturated carbocycles. The van der Waals surface area contributed by atoms with E-state index < -0.39 is 12.7 Å². The van der Waals surface area contributed by atoms with Gasteiger partial charge in [0, 0.05) is 0 Å². The summed E-state index contributed by atoms with van der Waals surface area (Å²) in [7, 11) is 0. The van der Waals surface area contributed by atoms with Crippen LogP contribution in [0.1, 0.15) is 17.0 Å². The lowest BCUT2D eigenvalue weighted by molar-refractivity contribution is -0.125. The summed E-state index contributed by atoms with van der Waals surface area (Å²) in [6.45, 7) is 3.02. The van der Waals surface area contributed by atoms with Gasteiger partial charge in [-0.3, -0.25) is 0 Å². The second-order valence-corrected chi connectivity index (χ2v) is 4.36. The van der Waals surface area contributed by atoms with Crippen molar-refractivity contribution in [2.45, 2.75) is 26.6 Å². The first-order chi connectivity index (χ1) is 8.35. The number of fused-ring (bicyclic) bond motifs is 1. The van der Waals surface area contributed by atoms with E-state index in [1.807, 2.05) is 26.0 Å². The van der Waals surface area contributed by atoms with Crippen molar-refractivity contribution in [2.24, 2.45) is 0 Å². The Bertz CT molecular complexity index is 518. The summed E-state index contributed by atoms with van der Waals surface area (Å²) in [5, 5.41) is 2.31. The molecule has 0 amide bonds. The van der Waals surface area contributed by atoms with Gasteiger partial charge in [-0.25, -0.2) is 4.98 Å². The van der Waals surface area contributed by atoms with Gasteiger partial charge in [-0.2, -0.15) is 13.2 Å². The summed E-state index contributed by atoms with van der Waals surface area (Å²) in [5.41, 5.74) is 3.87. The van der Waals surface area contributed by atoms with Crippen LogP contribution in [0.5, 0.6) is 0 Å². The van der Waals surface area contributed by atoms with Crippen LogP contribution in [0.4, 0.5) is 13.2 Å². The maximum atomic E-state index is 12.0. The first-order valence-electron chi connectivity index (χ1n) is 5.58. The number of rotatable bonds is 3. The van der Waals surface area contributed by atoms with E-state index in [2.05, 4.69) is 15.3 Å². The second-order valence-electron chi connectivity index (χ2n) is 4.36. The Morgan fingerprint density at radius 2 is 1.89 bits per heavy atom. The number of hydrogen-bond acceptors (Lipinski definition) is 2. The fraction of sp³-hybridized carbons (Fsp3) is 0.417. The third kappa shape index (κ3) is 3.01. The fourth-order valence-electron chi connectivity index (χ4n) is 1.73. The topological polar surface area (TPSA) is 40.7 Å². The summed E-state index contributed by atoms with van der Waals surface area (Å²) in [6, 6.07) is 3.87. The van der Waals surface area contributed by atoms with Gasteiger partial charge in [0.05, 0.1) is 24.1 Å². The van der Waals surface area contributed by atoms with Crippen molar-refractivity contribution in [1.29, 1.82) is 0 Å². The van der Waals surface area contributed by atoms with Gasteiger partial charge in [0.1, 0.15) is 5.82 Å². The van der Waals surface area contributed by atoms with Crippen LogP contribution in [0.15, 0.2) is 12.1 Å². The van der Waals surface area contributed by atoms with E-state index in [9.17, 15) is 13.2 Å². The first-order valence-corrected chi connectivity index (χ1v) is 5.58. The van der Waals surface area contributed by atoms with Gasteiger partial charge >= 0.3 is 6.18 Å². The maximum Gasteiger partial charge on any atom is 0.401 e. The molecule has 0 fully saturated rings. The van der Waals surface area contributed by atoms with Crippen LogP contribution in [0.3, 0.4) is 0 Å². The van der Waals surface area contributed by atoms with Crippen molar-refractivity contribution in [3.8, 4) is 0 Å². The number of alkyl halides is 3. The van der Waals surface area contributed by atoms with Crippen LogP contribution in [0.25, 0.3) is 11.0 Å². The highest BCUT2D eigenvalue weighted by molar-refractivity contribution is 5.77. The summed E-state index contributed by atoms with van der Waals surface area (Å²) in [6.07, 6.45) is -4.20. The SMILES string of the molecule is Cc1cc2nc(CNCC(F)(F)F)[nH]c2cc1C. The smallest absolute Gasteiger partial charge is 0.341 e. The van der Waals surface area contributed by atoms with E-state index in [-0.39, 0.29) is 6.54 Å². The van der Waals surface area contributed by atoms with Crippen molar-refractivity contribution in [1.82, 2.24) is 15.3 Å². The molecular formula is C12H14F3N3. The van der Waals surface area contributed by atoms with Crippen LogP contribution >= 0.6 is 0 Å². The Balaban J connectivity index is 2.11. The lowest BCUT2D eigenvalue weighted by atomic mass is 10.1. The molecular weight excluding hydrogens is 243 g/mol. The first kappa shape index (κ1) is 12.9. The number of aromatic nitrogens is 2. The summed E-state index contributed by atoms with van der Waals surface area (Å²) in [5.74, 6) is 0.513. The summed E-state index contributed by atoms with van der Waals surface area (Å²) < 4.78 is 35.9. The minimum atomic E-state index is -4.20. The molecule has 6 heteroatoms. The lowest BCUT2D eigenvalue weighted by Gasteiger charge is -2.05. The van der Waals surface area contributed by atoms with E-state index >= 15 is 0 Å². The highest BCUT2D eigenvalue weighted by Gasteiger charge is 2.26. The van der Waals surface area contributed by atoms with Crippen molar-refractivity contribution < 1.29 is 13.2 Å². The van der Waals surface area contributed by atoms with E-state index in [0.717, 1.165) is 22.2 Å². The Morgan fingerprint density at radius 1 is 1.22 bits per heavy atom. The molecule has 0 unspecified atom stereocenters. The predicted octanol–water partition coefficient (Wildman–Crippen LogP) is 2.83. The van der Waals surface area contributed by atoms with Crippen molar-refractivity contribution >= 4 is 11.0 Å². The minimum absolute atomic E-state index is 0.0757. The number of aromatic amines is 1. The Kier molecular flexibility index (Phi) is 3.30. The van der Waals surface area contributed by atoms with Crippen molar-refractivity contribution in [3.05, 3.63) is 29.1 Å². The largest absolute Gasteiger partial charge is 0.401 e. The molecule has 1 aromatic heterocycles. The number of benzene rings is 1. The molecule has 0 aliphatic carbocycles. The molecule has 2 aromatic rings. The van der Waals surface area contributed by atoms with Gasteiger partial charge in [-0.1, -0.05) is 0 Å². The van der Waals surface area contributed by atoms with Gasteiger partial charge in [0.15, 0.2) is 0 Å². The molecule has 0 aliphatic heterocycles. The Labute approximate surface area is 102 Å². The summed E-state index contributed by atoms with van der Waals surface area (Å²) in [4.78, 5) is 7.26. The molecule has 0 spiro atoms. The molecule has 0 atom stereocenters. The average Bonchev–Trinajstić information content (AvgIpc) is 2.58. The van der Waals surface area contributed by atoms with Gasteiger partial charge in [-0.15, -0.1) is 0 Å².